The predicted octanol–water partition coefficient (Wildman–Crippen LogP) is 0.632. The van der Waals surface area contributed by atoms with E-state index in [1.165, 1.54) is 0 Å². The van der Waals surface area contributed by atoms with Crippen LogP contribution in [0.1, 0.15) is 27.2 Å². The zero-order chi connectivity index (χ0) is 15.5. The van der Waals surface area contributed by atoms with Crippen LogP contribution in [0.2, 0.25) is 0 Å². The van der Waals surface area contributed by atoms with E-state index in [1.54, 1.807) is 6.92 Å². The number of nitrogens with zero attached hydrogens (tertiary/aromatic N) is 3. The number of rotatable bonds is 6. The lowest BCUT2D eigenvalue weighted by molar-refractivity contribution is -0.0491. The molecule has 0 saturated carbocycles. The largest absolute Gasteiger partial charge is 0.471 e. The number of hydrogen-bond acceptors (Lipinski definition) is 8. The summed E-state index contributed by atoms with van der Waals surface area (Å²) in [6, 6.07) is 0. The summed E-state index contributed by atoms with van der Waals surface area (Å²) in [5, 5.41) is 10.5. The molecule has 120 valence electrons. The van der Waals surface area contributed by atoms with Gasteiger partial charge in [0.1, 0.15) is 12.2 Å². The van der Waals surface area contributed by atoms with Gasteiger partial charge in [-0.1, -0.05) is 6.92 Å². The molecule has 1 saturated heterocycles. The van der Waals surface area contributed by atoms with Crippen molar-refractivity contribution in [2.45, 2.75) is 38.3 Å². The normalized spacial score (nSPS) is 21.7. The van der Waals surface area contributed by atoms with Crippen molar-refractivity contribution in [2.75, 3.05) is 37.8 Å². The number of anilines is 1. The summed E-state index contributed by atoms with van der Waals surface area (Å²) in [5.74, 6) is 1.17. The summed E-state index contributed by atoms with van der Waals surface area (Å²) >= 11 is 1.10. The van der Waals surface area contributed by atoms with Gasteiger partial charge in [-0.3, -0.25) is 0 Å². The Labute approximate surface area is 129 Å². The van der Waals surface area contributed by atoms with E-state index in [0.29, 0.717) is 31.3 Å². The molecule has 0 amide bonds. The zero-order valence-electron chi connectivity index (χ0n) is 12.8. The van der Waals surface area contributed by atoms with E-state index in [2.05, 4.69) is 13.6 Å². The molecule has 8 heteroatoms. The fraction of sp³-hybridized carbons (Fsp3) is 0.846. The first-order chi connectivity index (χ1) is 9.87. The number of hydrogen-bond donors (Lipinski definition) is 2. The average Bonchev–Trinajstić information content (AvgIpc) is 2.94. The molecule has 0 aliphatic carbocycles. The van der Waals surface area contributed by atoms with Crippen molar-refractivity contribution >= 4 is 17.5 Å². The van der Waals surface area contributed by atoms with Crippen LogP contribution in [-0.4, -0.2) is 57.9 Å². The number of nitrogens with two attached hydrogens (primary N) is 1. The molecule has 0 spiro atoms. The van der Waals surface area contributed by atoms with E-state index in [1.807, 2.05) is 13.8 Å². The second kappa shape index (κ2) is 6.43. The summed E-state index contributed by atoms with van der Waals surface area (Å²) in [5.41, 5.74) is 4.25. The third-order valence-electron chi connectivity index (χ3n) is 4.21. The Balaban J connectivity index is 2.02. The van der Waals surface area contributed by atoms with Crippen LogP contribution in [0.3, 0.4) is 0 Å². The van der Waals surface area contributed by atoms with E-state index in [0.717, 1.165) is 24.8 Å². The predicted molar refractivity (Wildman–Crippen MR) is 81.9 cm³/mol. The van der Waals surface area contributed by atoms with Gasteiger partial charge in [0, 0.05) is 18.6 Å². The molecule has 7 nitrogen and oxygen atoms in total. The van der Waals surface area contributed by atoms with E-state index in [-0.39, 0.29) is 6.61 Å². The van der Waals surface area contributed by atoms with Gasteiger partial charge in [0.05, 0.1) is 24.9 Å². The smallest absolute Gasteiger partial charge is 0.270 e. The van der Waals surface area contributed by atoms with Crippen LogP contribution >= 0.6 is 11.7 Å². The Morgan fingerprint density at radius 2 is 2.05 bits per heavy atom. The van der Waals surface area contributed by atoms with E-state index < -0.39 is 11.1 Å². The van der Waals surface area contributed by atoms with E-state index >= 15 is 0 Å². The van der Waals surface area contributed by atoms with Gasteiger partial charge in [0.2, 0.25) is 5.82 Å². The summed E-state index contributed by atoms with van der Waals surface area (Å²) in [6.45, 7) is 8.40. The first kappa shape index (κ1) is 16.4. The van der Waals surface area contributed by atoms with Crippen molar-refractivity contribution < 1.29 is 14.6 Å². The zero-order valence-corrected chi connectivity index (χ0v) is 13.7. The van der Waals surface area contributed by atoms with Crippen molar-refractivity contribution in [2.24, 2.45) is 5.73 Å². The molecular weight excluding hydrogens is 292 g/mol. The van der Waals surface area contributed by atoms with Crippen LogP contribution in [0, 0.1) is 0 Å². The maximum absolute atomic E-state index is 10.5. The van der Waals surface area contributed by atoms with Gasteiger partial charge in [-0.15, -0.1) is 4.37 Å². The quantitative estimate of drug-likeness (QED) is 0.795. The molecule has 2 atom stereocenters. The minimum Gasteiger partial charge on any atom is -0.471 e. The number of aliphatic hydroxyl groups is 1. The van der Waals surface area contributed by atoms with Gasteiger partial charge in [0.25, 0.3) is 5.88 Å². The van der Waals surface area contributed by atoms with Gasteiger partial charge in [-0.05, 0) is 20.3 Å². The third-order valence-corrected chi connectivity index (χ3v) is 4.71. The minimum atomic E-state index is -1.15. The summed E-state index contributed by atoms with van der Waals surface area (Å²) in [4.78, 5) is 2.08. The Morgan fingerprint density at radius 3 is 2.67 bits per heavy atom. The fourth-order valence-electron chi connectivity index (χ4n) is 1.99. The van der Waals surface area contributed by atoms with E-state index in [9.17, 15) is 5.11 Å². The van der Waals surface area contributed by atoms with Crippen molar-refractivity contribution in [3.05, 3.63) is 0 Å². The molecule has 1 fully saturated rings. The highest BCUT2D eigenvalue weighted by molar-refractivity contribution is 6.99. The lowest BCUT2D eigenvalue weighted by Gasteiger charge is -2.38. The lowest BCUT2D eigenvalue weighted by atomic mass is 9.82. The molecule has 0 aromatic carbocycles. The Morgan fingerprint density at radius 1 is 1.38 bits per heavy atom. The number of aromatic nitrogens is 2. The molecule has 2 unspecified atom stereocenters. The molecule has 0 bridgehead atoms. The molecule has 3 N–H and O–H groups in total. The summed E-state index contributed by atoms with van der Waals surface area (Å²) < 4.78 is 19.5. The van der Waals surface area contributed by atoms with Gasteiger partial charge in [-0.25, -0.2) is 0 Å². The van der Waals surface area contributed by atoms with Crippen LogP contribution in [0.4, 0.5) is 5.82 Å². The topological polar surface area (TPSA) is 93.7 Å². The highest BCUT2D eigenvalue weighted by Gasteiger charge is 2.40. The minimum absolute atomic E-state index is 0.0800. The van der Waals surface area contributed by atoms with Crippen LogP contribution in [0.15, 0.2) is 0 Å². The lowest BCUT2D eigenvalue weighted by Crippen LogP contribution is -2.59. The van der Waals surface area contributed by atoms with Crippen LogP contribution in [0.5, 0.6) is 5.88 Å². The average molecular weight is 316 g/mol. The van der Waals surface area contributed by atoms with Crippen molar-refractivity contribution in [1.82, 2.24) is 8.75 Å². The van der Waals surface area contributed by atoms with Gasteiger partial charge in [-0.2, -0.15) is 4.37 Å². The van der Waals surface area contributed by atoms with Gasteiger partial charge < -0.3 is 25.2 Å². The second-order valence-electron chi connectivity index (χ2n) is 5.83. The summed E-state index contributed by atoms with van der Waals surface area (Å²) in [7, 11) is 0. The number of ether oxygens (including phenoxy) is 2. The molecule has 1 aromatic rings. The fourth-order valence-corrected chi connectivity index (χ4v) is 2.51. The van der Waals surface area contributed by atoms with Crippen LogP contribution in [-0.2, 0) is 4.74 Å². The second-order valence-corrected chi connectivity index (χ2v) is 6.35. The maximum atomic E-state index is 10.5. The molecule has 0 radical (unpaired) electrons. The first-order valence-electron chi connectivity index (χ1n) is 7.17. The number of morpholine rings is 1. The standard InChI is InChI=1S/C13H24N4O3S/c1-4-12(2,14)13(3,18)9-20-11-10(15-21-16-11)17-5-7-19-8-6-17/h18H,4-9,14H2,1-3H3. The van der Waals surface area contributed by atoms with Crippen LogP contribution < -0.4 is 15.4 Å². The monoisotopic (exact) mass is 316 g/mol. The van der Waals surface area contributed by atoms with Crippen molar-refractivity contribution in [3.8, 4) is 5.88 Å². The van der Waals surface area contributed by atoms with Gasteiger partial charge >= 0.3 is 0 Å². The highest BCUT2D eigenvalue weighted by atomic mass is 32.1. The maximum Gasteiger partial charge on any atom is 0.270 e. The molecule has 1 aliphatic rings. The Kier molecular flexibility index (Phi) is 5.03. The summed E-state index contributed by atoms with van der Waals surface area (Å²) in [6.07, 6.45) is 0.648. The molecule has 21 heavy (non-hydrogen) atoms. The highest BCUT2D eigenvalue weighted by Crippen LogP contribution is 2.29. The first-order valence-corrected chi connectivity index (χ1v) is 7.90. The van der Waals surface area contributed by atoms with Gasteiger partial charge in [0.15, 0.2) is 0 Å². The molecule has 2 rings (SSSR count). The van der Waals surface area contributed by atoms with E-state index in [4.69, 9.17) is 15.2 Å². The molecule has 1 aromatic heterocycles. The molecular formula is C13H24N4O3S. The Hall–Kier alpha value is -0.960. The van der Waals surface area contributed by atoms with Crippen molar-refractivity contribution in [3.63, 3.8) is 0 Å². The Bertz CT molecular complexity index is 458. The molecule has 1 aliphatic heterocycles. The van der Waals surface area contributed by atoms with Crippen molar-refractivity contribution in [1.29, 1.82) is 0 Å². The molecule has 2 heterocycles. The SMILES string of the molecule is CCC(C)(N)C(C)(O)COc1nsnc1N1CCOCC1. The van der Waals surface area contributed by atoms with Crippen LogP contribution in [0.25, 0.3) is 0 Å². The third kappa shape index (κ3) is 3.63.